The zero-order valence-corrected chi connectivity index (χ0v) is 12.9. The van der Waals surface area contributed by atoms with E-state index in [-0.39, 0.29) is 0 Å². The fourth-order valence-electron chi connectivity index (χ4n) is 1.73. The highest BCUT2D eigenvalue weighted by Crippen LogP contribution is 2.24. The van der Waals surface area contributed by atoms with Gasteiger partial charge >= 0.3 is 0 Å². The number of carbonyl (C=O) groups is 1. The number of benzene rings is 1. The van der Waals surface area contributed by atoms with Gasteiger partial charge in [-0.25, -0.2) is 0 Å². The fraction of sp³-hybridized carbons (Fsp3) is 0.286. The summed E-state index contributed by atoms with van der Waals surface area (Å²) in [4.78, 5) is 14.9. The Morgan fingerprint density at radius 1 is 1.14 bits per heavy atom. The number of hydrogen-bond acceptors (Lipinski definition) is 6. The number of hydrogen-bond donors (Lipinski definition) is 2. The highest BCUT2D eigenvalue weighted by atomic mass is 32.2. The molecule has 0 saturated heterocycles. The van der Waals surface area contributed by atoms with Gasteiger partial charge in [0, 0.05) is 5.69 Å². The van der Waals surface area contributed by atoms with Crippen molar-refractivity contribution in [3.63, 3.8) is 0 Å². The van der Waals surface area contributed by atoms with E-state index in [2.05, 4.69) is 51.8 Å². The predicted molar refractivity (Wildman–Crippen MR) is 85.1 cm³/mol. The molecular formula is C14H17N5OS. The van der Waals surface area contributed by atoms with Crippen molar-refractivity contribution in [1.82, 2.24) is 15.2 Å². The van der Waals surface area contributed by atoms with Crippen LogP contribution in [0.2, 0.25) is 0 Å². The first-order valence-corrected chi connectivity index (χ1v) is 7.72. The number of anilines is 3. The maximum absolute atomic E-state index is 10.6. The number of amides is 1. The van der Waals surface area contributed by atoms with Gasteiger partial charge in [-0.05, 0) is 29.9 Å². The van der Waals surface area contributed by atoms with Crippen molar-refractivity contribution in [2.75, 3.05) is 16.9 Å². The number of aromatic nitrogens is 3. The minimum absolute atomic E-state index is 0.302. The largest absolute Gasteiger partial charge is 0.337 e. The molecule has 2 N–H and O–H groups in total. The maximum Gasteiger partial charge on any atom is 0.212 e. The lowest BCUT2D eigenvalue weighted by Gasteiger charge is -2.11. The van der Waals surface area contributed by atoms with Gasteiger partial charge in [-0.15, -0.1) is 10.2 Å². The molecule has 1 amide bonds. The van der Waals surface area contributed by atoms with Gasteiger partial charge in [-0.3, -0.25) is 4.79 Å². The molecule has 7 heteroatoms. The lowest BCUT2D eigenvalue weighted by atomic mass is 10.0. The lowest BCUT2D eigenvalue weighted by molar-refractivity contribution is -0.105. The molecule has 1 aromatic heterocycles. The Kier molecular flexibility index (Phi) is 5.10. The number of thioether (sulfide) groups is 1. The van der Waals surface area contributed by atoms with Gasteiger partial charge in [0.1, 0.15) is 0 Å². The second-order valence-electron chi connectivity index (χ2n) is 4.66. The molecule has 0 bridgehead atoms. The first kappa shape index (κ1) is 15.2. The molecule has 2 rings (SSSR count). The van der Waals surface area contributed by atoms with Crippen LogP contribution in [0.15, 0.2) is 29.4 Å². The molecule has 0 aliphatic rings. The van der Waals surface area contributed by atoms with Gasteiger partial charge < -0.3 is 10.6 Å². The minimum atomic E-state index is 0.302. The van der Waals surface area contributed by atoms with Crippen molar-refractivity contribution < 1.29 is 4.79 Å². The van der Waals surface area contributed by atoms with E-state index in [1.165, 1.54) is 17.3 Å². The van der Waals surface area contributed by atoms with E-state index in [1.54, 1.807) is 0 Å². The van der Waals surface area contributed by atoms with Crippen LogP contribution >= 0.6 is 11.8 Å². The number of nitrogens with one attached hydrogen (secondary N) is 2. The molecule has 1 aromatic carbocycles. The Bertz CT molecular complexity index is 615. The summed E-state index contributed by atoms with van der Waals surface area (Å²) in [7, 11) is 0. The van der Waals surface area contributed by atoms with E-state index >= 15 is 0 Å². The molecule has 110 valence electrons. The number of nitrogens with zero attached hydrogens (tertiary/aromatic N) is 3. The van der Waals surface area contributed by atoms with Crippen LogP contribution in [0.3, 0.4) is 0 Å². The van der Waals surface area contributed by atoms with Crippen LogP contribution in [0.1, 0.15) is 25.3 Å². The first-order valence-electron chi connectivity index (χ1n) is 6.50. The normalized spacial score (nSPS) is 10.5. The van der Waals surface area contributed by atoms with Crippen molar-refractivity contribution in [2.24, 2.45) is 0 Å². The van der Waals surface area contributed by atoms with Gasteiger partial charge in [-0.2, -0.15) is 4.98 Å². The van der Waals surface area contributed by atoms with Gasteiger partial charge in [0.05, 0.1) is 0 Å². The second kappa shape index (κ2) is 7.03. The standard InChI is InChI=1S/C14H17N5OS/c1-9(2)10-4-6-11(7-5-10)16-13-12(15-8-20)18-19-14(17-13)21-3/h4-9H,1-3H3,(H,15,18,20)(H,16,17,19). The zero-order valence-electron chi connectivity index (χ0n) is 12.1. The molecule has 0 spiro atoms. The molecule has 6 nitrogen and oxygen atoms in total. The Morgan fingerprint density at radius 3 is 2.43 bits per heavy atom. The molecule has 2 aromatic rings. The summed E-state index contributed by atoms with van der Waals surface area (Å²) in [5.74, 6) is 1.25. The van der Waals surface area contributed by atoms with Crippen LogP contribution in [0, 0.1) is 0 Å². The van der Waals surface area contributed by atoms with Gasteiger partial charge in [0.15, 0.2) is 11.6 Å². The van der Waals surface area contributed by atoms with Crippen molar-refractivity contribution in [3.05, 3.63) is 29.8 Å². The highest BCUT2D eigenvalue weighted by molar-refractivity contribution is 7.98. The van der Waals surface area contributed by atoms with Crippen molar-refractivity contribution in [1.29, 1.82) is 0 Å². The molecule has 0 fully saturated rings. The van der Waals surface area contributed by atoms with Gasteiger partial charge in [0.25, 0.3) is 0 Å². The summed E-state index contributed by atoms with van der Waals surface area (Å²) < 4.78 is 0. The van der Waals surface area contributed by atoms with Crippen LogP contribution in [-0.4, -0.2) is 27.8 Å². The molecule has 0 radical (unpaired) electrons. The van der Waals surface area contributed by atoms with Crippen LogP contribution in [0.4, 0.5) is 17.3 Å². The average Bonchev–Trinajstić information content (AvgIpc) is 2.49. The maximum atomic E-state index is 10.6. The molecule has 0 unspecified atom stereocenters. The van der Waals surface area contributed by atoms with Crippen LogP contribution in [0.5, 0.6) is 0 Å². The van der Waals surface area contributed by atoms with E-state index in [4.69, 9.17) is 0 Å². The van der Waals surface area contributed by atoms with E-state index < -0.39 is 0 Å². The van der Waals surface area contributed by atoms with Crippen LogP contribution in [-0.2, 0) is 4.79 Å². The smallest absolute Gasteiger partial charge is 0.212 e. The number of carbonyl (C=O) groups excluding carboxylic acids is 1. The van der Waals surface area contributed by atoms with Gasteiger partial charge in [-0.1, -0.05) is 37.7 Å². The third-order valence-electron chi connectivity index (χ3n) is 2.89. The summed E-state index contributed by atoms with van der Waals surface area (Å²) in [6.07, 6.45) is 2.42. The SMILES string of the molecule is CSc1nnc(NC=O)c(Nc2ccc(C(C)C)cc2)n1. The van der Waals surface area contributed by atoms with Crippen molar-refractivity contribution in [3.8, 4) is 0 Å². The second-order valence-corrected chi connectivity index (χ2v) is 5.43. The Hall–Kier alpha value is -2.15. The first-order chi connectivity index (χ1) is 10.1. The predicted octanol–water partition coefficient (Wildman–Crippen LogP) is 3.03. The van der Waals surface area contributed by atoms with Crippen molar-refractivity contribution in [2.45, 2.75) is 24.9 Å². The molecule has 0 saturated carbocycles. The Balaban J connectivity index is 2.26. The van der Waals surface area contributed by atoms with Crippen LogP contribution in [0.25, 0.3) is 0 Å². The lowest BCUT2D eigenvalue weighted by Crippen LogP contribution is -2.07. The Morgan fingerprint density at radius 2 is 1.86 bits per heavy atom. The molecule has 0 aliphatic heterocycles. The van der Waals surface area contributed by atoms with E-state index in [9.17, 15) is 4.79 Å². The minimum Gasteiger partial charge on any atom is -0.337 e. The summed E-state index contributed by atoms with van der Waals surface area (Å²) in [6, 6.07) is 8.07. The molecule has 0 atom stereocenters. The quantitative estimate of drug-likeness (QED) is 0.631. The Labute approximate surface area is 127 Å². The monoisotopic (exact) mass is 303 g/mol. The summed E-state index contributed by atoms with van der Waals surface area (Å²) in [6.45, 7) is 4.29. The molecule has 1 heterocycles. The third-order valence-corrected chi connectivity index (χ3v) is 3.42. The van der Waals surface area contributed by atoms with Crippen LogP contribution < -0.4 is 10.6 Å². The third kappa shape index (κ3) is 3.91. The summed E-state index contributed by atoms with van der Waals surface area (Å²) in [5.41, 5.74) is 2.14. The van der Waals surface area contributed by atoms with Crippen molar-refractivity contribution >= 4 is 35.5 Å². The summed E-state index contributed by atoms with van der Waals surface area (Å²) in [5, 5.41) is 14.0. The van der Waals surface area contributed by atoms with E-state index in [0.717, 1.165) is 5.69 Å². The highest BCUT2D eigenvalue weighted by Gasteiger charge is 2.09. The van der Waals surface area contributed by atoms with E-state index in [1.807, 2.05) is 18.4 Å². The topological polar surface area (TPSA) is 79.8 Å². The zero-order chi connectivity index (χ0) is 15.2. The van der Waals surface area contributed by atoms with E-state index in [0.29, 0.717) is 29.1 Å². The molecule has 0 aliphatic carbocycles. The fourth-order valence-corrected chi connectivity index (χ4v) is 2.03. The number of rotatable bonds is 6. The molecule has 21 heavy (non-hydrogen) atoms. The van der Waals surface area contributed by atoms with Gasteiger partial charge in [0.2, 0.25) is 11.6 Å². The average molecular weight is 303 g/mol. The molecular weight excluding hydrogens is 286 g/mol. The summed E-state index contributed by atoms with van der Waals surface area (Å²) >= 11 is 1.39.